The van der Waals surface area contributed by atoms with Crippen LogP contribution in [0.5, 0.6) is 0 Å². The van der Waals surface area contributed by atoms with Crippen molar-refractivity contribution < 1.29 is 9.90 Å². The van der Waals surface area contributed by atoms with Crippen molar-refractivity contribution in [3.63, 3.8) is 0 Å². The highest BCUT2D eigenvalue weighted by molar-refractivity contribution is 5.74. The Balaban J connectivity index is 3.76. The summed E-state index contributed by atoms with van der Waals surface area (Å²) in [5, 5.41) is 8.81. The molecule has 2 nitrogen and oxygen atoms in total. The number of aliphatic hydroxyl groups is 1. The summed E-state index contributed by atoms with van der Waals surface area (Å²) in [4.78, 5) is 10.4. The molecule has 0 unspecified atom stereocenters. The number of aliphatic hydroxyl groups excluding tert-OH is 1. The van der Waals surface area contributed by atoms with Gasteiger partial charge in [-0.1, -0.05) is 31.8 Å². The van der Waals surface area contributed by atoms with Crippen LogP contribution in [0.3, 0.4) is 0 Å². The summed E-state index contributed by atoms with van der Waals surface area (Å²) in [5.74, 6) is 0. The summed E-state index contributed by atoms with van der Waals surface area (Å²) >= 11 is 0. The van der Waals surface area contributed by atoms with E-state index in [0.29, 0.717) is 5.57 Å². The number of hydrogen-bond donors (Lipinski definition) is 1. The Labute approximate surface area is 80.7 Å². The zero-order valence-electron chi connectivity index (χ0n) is 8.68. The molecule has 0 fully saturated rings. The van der Waals surface area contributed by atoms with Crippen LogP contribution in [0.25, 0.3) is 0 Å². The van der Waals surface area contributed by atoms with Gasteiger partial charge < -0.3 is 5.11 Å². The molecule has 0 aromatic rings. The van der Waals surface area contributed by atoms with Crippen LogP contribution >= 0.6 is 0 Å². The lowest BCUT2D eigenvalue weighted by atomic mass is 10.0. The number of allylic oxidation sites excluding steroid dienone is 1. The molecule has 0 radical (unpaired) electrons. The van der Waals surface area contributed by atoms with E-state index in [9.17, 15) is 4.79 Å². The Morgan fingerprint density at radius 1 is 1.31 bits per heavy atom. The normalized spacial score (nSPS) is 12.5. The van der Waals surface area contributed by atoms with Crippen molar-refractivity contribution in [3.8, 4) is 0 Å². The van der Waals surface area contributed by atoms with Crippen molar-refractivity contribution in [2.24, 2.45) is 0 Å². The van der Waals surface area contributed by atoms with Crippen LogP contribution in [0.1, 0.15) is 46.0 Å². The first-order chi connectivity index (χ1) is 6.26. The fourth-order valence-corrected chi connectivity index (χ4v) is 1.25. The summed E-state index contributed by atoms with van der Waals surface area (Å²) in [6.07, 6.45) is 6.51. The monoisotopic (exact) mass is 184 g/mol. The lowest BCUT2D eigenvalue weighted by Crippen LogP contribution is -1.96. The summed E-state index contributed by atoms with van der Waals surface area (Å²) < 4.78 is 0. The molecule has 0 spiro atoms. The average molecular weight is 184 g/mol. The molecule has 2 heteroatoms. The predicted octanol–water partition coefficient (Wildman–Crippen LogP) is 2.46. The van der Waals surface area contributed by atoms with E-state index in [1.807, 2.05) is 6.92 Å². The van der Waals surface area contributed by atoms with E-state index in [2.05, 4.69) is 6.92 Å². The number of carbonyl (C=O) groups is 1. The van der Waals surface area contributed by atoms with Crippen LogP contribution in [0, 0.1) is 0 Å². The molecule has 0 bridgehead atoms. The Kier molecular flexibility index (Phi) is 7.60. The van der Waals surface area contributed by atoms with Crippen molar-refractivity contribution in [2.75, 3.05) is 6.61 Å². The number of rotatable bonds is 7. The van der Waals surface area contributed by atoms with Crippen molar-refractivity contribution in [3.05, 3.63) is 11.1 Å². The predicted molar refractivity (Wildman–Crippen MR) is 54.6 cm³/mol. The van der Waals surface area contributed by atoms with E-state index in [1.54, 1.807) is 0 Å². The Bertz CT molecular complexity index is 171. The van der Waals surface area contributed by atoms with E-state index >= 15 is 0 Å². The van der Waals surface area contributed by atoms with E-state index in [-0.39, 0.29) is 6.61 Å². The second-order valence-electron chi connectivity index (χ2n) is 3.39. The third kappa shape index (κ3) is 5.58. The molecule has 0 aromatic carbocycles. The quantitative estimate of drug-likeness (QED) is 0.375. The third-order valence-corrected chi connectivity index (χ3v) is 2.27. The summed E-state index contributed by atoms with van der Waals surface area (Å²) in [6, 6.07) is 0. The summed E-state index contributed by atoms with van der Waals surface area (Å²) in [5.41, 5.74) is 1.59. The van der Waals surface area contributed by atoms with Crippen molar-refractivity contribution in [1.82, 2.24) is 0 Å². The molecule has 0 saturated heterocycles. The maximum Gasteiger partial charge on any atom is 0.148 e. The largest absolute Gasteiger partial charge is 0.392 e. The second kappa shape index (κ2) is 7.99. The molecular formula is C11H20O2. The minimum Gasteiger partial charge on any atom is -0.392 e. The van der Waals surface area contributed by atoms with Crippen LogP contribution < -0.4 is 0 Å². The van der Waals surface area contributed by atoms with Crippen LogP contribution in [0.15, 0.2) is 11.1 Å². The van der Waals surface area contributed by atoms with Gasteiger partial charge in [-0.2, -0.15) is 0 Å². The molecular weight excluding hydrogens is 164 g/mol. The van der Waals surface area contributed by atoms with E-state index in [1.165, 1.54) is 19.3 Å². The molecule has 13 heavy (non-hydrogen) atoms. The molecule has 0 saturated carbocycles. The van der Waals surface area contributed by atoms with Crippen LogP contribution in [-0.2, 0) is 4.79 Å². The minimum atomic E-state index is -0.122. The molecule has 0 aliphatic carbocycles. The molecule has 0 aliphatic heterocycles. The number of aldehydes is 1. The lowest BCUT2D eigenvalue weighted by Gasteiger charge is -2.03. The van der Waals surface area contributed by atoms with Gasteiger partial charge in [0.25, 0.3) is 0 Å². The Morgan fingerprint density at radius 2 is 2.00 bits per heavy atom. The van der Waals surface area contributed by atoms with Crippen molar-refractivity contribution in [1.29, 1.82) is 0 Å². The van der Waals surface area contributed by atoms with Gasteiger partial charge in [0.1, 0.15) is 6.29 Å². The first-order valence-corrected chi connectivity index (χ1v) is 5.00. The van der Waals surface area contributed by atoms with Gasteiger partial charge in [-0.3, -0.25) is 4.79 Å². The fourth-order valence-electron chi connectivity index (χ4n) is 1.25. The van der Waals surface area contributed by atoms with Crippen molar-refractivity contribution >= 4 is 6.29 Å². The van der Waals surface area contributed by atoms with Crippen molar-refractivity contribution in [2.45, 2.75) is 46.0 Å². The van der Waals surface area contributed by atoms with E-state index in [0.717, 1.165) is 24.7 Å². The maximum atomic E-state index is 10.4. The first-order valence-electron chi connectivity index (χ1n) is 5.00. The summed E-state index contributed by atoms with van der Waals surface area (Å²) in [6.45, 7) is 3.97. The second-order valence-corrected chi connectivity index (χ2v) is 3.39. The van der Waals surface area contributed by atoms with Gasteiger partial charge in [-0.05, 0) is 19.8 Å². The zero-order chi connectivity index (χ0) is 10.1. The number of hydrogen-bond acceptors (Lipinski definition) is 2. The van der Waals surface area contributed by atoms with Gasteiger partial charge >= 0.3 is 0 Å². The van der Waals surface area contributed by atoms with Crippen LogP contribution in [0.4, 0.5) is 0 Å². The topological polar surface area (TPSA) is 37.3 Å². The fraction of sp³-hybridized carbons (Fsp3) is 0.727. The van der Waals surface area contributed by atoms with Gasteiger partial charge in [-0.25, -0.2) is 0 Å². The maximum absolute atomic E-state index is 10.4. The average Bonchev–Trinajstić information content (AvgIpc) is 2.14. The highest BCUT2D eigenvalue weighted by Crippen LogP contribution is 2.12. The smallest absolute Gasteiger partial charge is 0.148 e. The highest BCUT2D eigenvalue weighted by atomic mass is 16.3. The van der Waals surface area contributed by atoms with Crippen LogP contribution in [-0.4, -0.2) is 18.0 Å². The zero-order valence-corrected chi connectivity index (χ0v) is 8.68. The molecule has 0 aliphatic rings. The van der Waals surface area contributed by atoms with Crippen LogP contribution in [0.2, 0.25) is 0 Å². The van der Waals surface area contributed by atoms with Gasteiger partial charge in [0.05, 0.1) is 6.61 Å². The standard InChI is InChI=1S/C11H20O2/c1-3-4-5-6-7-10(2)11(8-12)9-13/h8,13H,3-7,9H2,1-2H3. The molecule has 0 rings (SSSR count). The molecule has 0 amide bonds. The Morgan fingerprint density at radius 3 is 2.46 bits per heavy atom. The molecule has 76 valence electrons. The van der Waals surface area contributed by atoms with Gasteiger partial charge in [-0.15, -0.1) is 0 Å². The summed E-state index contributed by atoms with van der Waals surface area (Å²) in [7, 11) is 0. The van der Waals surface area contributed by atoms with Gasteiger partial charge in [0.15, 0.2) is 0 Å². The molecule has 0 atom stereocenters. The Hall–Kier alpha value is -0.630. The number of unbranched alkanes of at least 4 members (excludes halogenated alkanes) is 3. The van der Waals surface area contributed by atoms with Gasteiger partial charge in [0, 0.05) is 5.57 Å². The lowest BCUT2D eigenvalue weighted by molar-refractivity contribution is -0.105. The first kappa shape index (κ1) is 12.4. The van der Waals surface area contributed by atoms with E-state index < -0.39 is 0 Å². The van der Waals surface area contributed by atoms with E-state index in [4.69, 9.17) is 5.11 Å². The molecule has 1 N–H and O–H groups in total. The minimum absolute atomic E-state index is 0.122. The molecule has 0 aromatic heterocycles. The number of carbonyl (C=O) groups excluding carboxylic acids is 1. The van der Waals surface area contributed by atoms with Gasteiger partial charge in [0.2, 0.25) is 0 Å². The highest BCUT2D eigenvalue weighted by Gasteiger charge is 1.99. The SMILES string of the molecule is CCCCCCC(C)=C(C=O)CO. The molecule has 0 heterocycles. The third-order valence-electron chi connectivity index (χ3n) is 2.27.